The van der Waals surface area contributed by atoms with Crippen LogP contribution in [-0.2, 0) is 25.7 Å². The van der Waals surface area contributed by atoms with Gasteiger partial charge in [0.15, 0.2) is 0 Å². The summed E-state index contributed by atoms with van der Waals surface area (Å²) in [5, 5.41) is 28.0. The molecule has 0 fully saturated rings. The molecule has 0 aliphatic carbocycles. The Morgan fingerprint density at radius 1 is 0.841 bits per heavy atom. The number of hydrogen-bond acceptors (Lipinski definition) is 7. The number of aliphatic carboxylic acids is 2. The first-order chi connectivity index (χ1) is 21.1. The highest BCUT2D eigenvalue weighted by Gasteiger charge is 2.23. The lowest BCUT2D eigenvalue weighted by Crippen LogP contribution is -2.49. The van der Waals surface area contributed by atoms with E-state index in [4.69, 9.17) is 15.9 Å². The maximum Gasteiger partial charge on any atom is 0.326 e. The van der Waals surface area contributed by atoms with Gasteiger partial charge in [-0.3, -0.25) is 14.4 Å². The van der Waals surface area contributed by atoms with E-state index in [0.717, 1.165) is 11.1 Å². The Morgan fingerprint density at radius 3 is 2.16 bits per heavy atom. The van der Waals surface area contributed by atoms with Gasteiger partial charge >= 0.3 is 18.0 Å². The number of benzene rings is 2. The molecule has 0 aliphatic heterocycles. The highest BCUT2D eigenvalue weighted by atomic mass is 16.4. The zero-order valence-electron chi connectivity index (χ0n) is 24.2. The van der Waals surface area contributed by atoms with E-state index in [2.05, 4.69) is 21.3 Å². The third-order valence-corrected chi connectivity index (χ3v) is 6.53. The van der Waals surface area contributed by atoms with Gasteiger partial charge in [-0.05, 0) is 55.4 Å². The molecule has 2 aromatic carbocycles. The fraction of sp³-hybridized carbons (Fsp3) is 0.355. The van der Waals surface area contributed by atoms with Crippen molar-refractivity contribution in [3.63, 3.8) is 0 Å². The fourth-order valence-electron chi connectivity index (χ4n) is 4.06. The molecular formula is C31H39N5O8. The van der Waals surface area contributed by atoms with Gasteiger partial charge in [0.1, 0.15) is 18.4 Å². The van der Waals surface area contributed by atoms with E-state index >= 15 is 0 Å². The van der Waals surface area contributed by atoms with Crippen molar-refractivity contribution in [1.82, 2.24) is 21.3 Å². The lowest BCUT2D eigenvalue weighted by molar-refractivity contribution is -0.140. The molecule has 0 spiro atoms. The van der Waals surface area contributed by atoms with Crippen LogP contribution in [0.4, 0.5) is 4.79 Å². The zero-order chi connectivity index (χ0) is 32.3. The van der Waals surface area contributed by atoms with Crippen LogP contribution in [0, 0.1) is 0 Å². The van der Waals surface area contributed by atoms with Crippen molar-refractivity contribution in [1.29, 1.82) is 0 Å². The molecule has 0 bridgehead atoms. The molecular weight excluding hydrogens is 570 g/mol. The van der Waals surface area contributed by atoms with Crippen LogP contribution < -0.4 is 27.0 Å². The zero-order valence-corrected chi connectivity index (χ0v) is 24.2. The van der Waals surface area contributed by atoms with E-state index in [1.54, 1.807) is 30.3 Å². The summed E-state index contributed by atoms with van der Waals surface area (Å²) in [5.74, 6) is -3.39. The third-order valence-electron chi connectivity index (χ3n) is 6.53. The van der Waals surface area contributed by atoms with E-state index < -0.39 is 48.4 Å². The van der Waals surface area contributed by atoms with Crippen molar-refractivity contribution in [2.24, 2.45) is 5.73 Å². The van der Waals surface area contributed by atoms with Gasteiger partial charge in [0.2, 0.25) is 5.91 Å². The number of aldehydes is 1. The minimum absolute atomic E-state index is 0.221. The van der Waals surface area contributed by atoms with Crippen molar-refractivity contribution >= 4 is 42.1 Å². The van der Waals surface area contributed by atoms with E-state index in [9.17, 15) is 28.8 Å². The average molecular weight is 610 g/mol. The number of carbonyl (C=O) groups excluding carboxylic acids is 4. The quantitative estimate of drug-likeness (QED) is 0.0911. The van der Waals surface area contributed by atoms with Crippen molar-refractivity contribution in [3.8, 4) is 0 Å². The van der Waals surface area contributed by atoms with Crippen LogP contribution >= 0.6 is 0 Å². The van der Waals surface area contributed by atoms with Crippen LogP contribution in [0.25, 0.3) is 6.08 Å². The Bertz CT molecular complexity index is 1280. The van der Waals surface area contributed by atoms with Crippen molar-refractivity contribution in [2.75, 3.05) is 6.54 Å². The smallest absolute Gasteiger partial charge is 0.326 e. The van der Waals surface area contributed by atoms with Gasteiger partial charge < -0.3 is 42.0 Å². The lowest BCUT2D eigenvalue weighted by Gasteiger charge is -2.18. The fourth-order valence-corrected chi connectivity index (χ4v) is 4.06. The van der Waals surface area contributed by atoms with E-state index in [0.29, 0.717) is 31.2 Å². The van der Waals surface area contributed by atoms with Crippen molar-refractivity contribution in [2.45, 2.75) is 63.2 Å². The lowest BCUT2D eigenvalue weighted by atomic mass is 10.1. The highest BCUT2D eigenvalue weighted by molar-refractivity contribution is 5.97. The summed E-state index contributed by atoms with van der Waals surface area (Å²) in [4.78, 5) is 71.4. The SMILES string of the molecule is NCc1ccc(C(=O)N[C@H](C/C=C/c2ccccc2)C(=O)NCCCC[C@@H](C=O)NC(=O)NC(CCC(=O)O)C(=O)O)cc1. The summed E-state index contributed by atoms with van der Waals surface area (Å²) in [7, 11) is 0. The normalized spacial score (nSPS) is 12.8. The Kier molecular flexibility index (Phi) is 15.3. The Morgan fingerprint density at radius 2 is 1.55 bits per heavy atom. The van der Waals surface area contributed by atoms with Gasteiger partial charge in [-0.25, -0.2) is 9.59 Å². The van der Waals surface area contributed by atoms with Crippen LogP contribution in [0.2, 0.25) is 0 Å². The molecule has 0 radical (unpaired) electrons. The highest BCUT2D eigenvalue weighted by Crippen LogP contribution is 2.08. The Balaban J connectivity index is 1.87. The second kappa shape index (κ2) is 19.2. The molecule has 1 unspecified atom stereocenters. The van der Waals surface area contributed by atoms with Gasteiger partial charge in [-0.2, -0.15) is 0 Å². The summed E-state index contributed by atoms with van der Waals surface area (Å²) in [5.41, 5.74) is 7.83. The molecule has 0 heterocycles. The monoisotopic (exact) mass is 609 g/mol. The number of rotatable bonds is 19. The second-order valence-corrected chi connectivity index (χ2v) is 9.95. The number of nitrogens with one attached hydrogen (secondary N) is 4. The number of hydrogen-bond donors (Lipinski definition) is 7. The molecule has 236 valence electrons. The largest absolute Gasteiger partial charge is 0.481 e. The molecule has 13 nitrogen and oxygen atoms in total. The Labute approximate surface area is 255 Å². The maximum absolute atomic E-state index is 13.0. The summed E-state index contributed by atoms with van der Waals surface area (Å²) >= 11 is 0. The van der Waals surface area contributed by atoms with E-state index in [1.807, 2.05) is 36.4 Å². The maximum atomic E-state index is 13.0. The first-order valence-corrected chi connectivity index (χ1v) is 14.2. The van der Waals surface area contributed by atoms with Gasteiger partial charge in [0.05, 0.1) is 6.04 Å². The molecule has 0 aliphatic rings. The number of urea groups is 1. The van der Waals surface area contributed by atoms with Crippen LogP contribution in [0.5, 0.6) is 0 Å². The summed E-state index contributed by atoms with van der Waals surface area (Å²) in [6.07, 6.45) is 4.76. The number of carbonyl (C=O) groups is 6. The summed E-state index contributed by atoms with van der Waals surface area (Å²) < 4.78 is 0. The predicted molar refractivity (Wildman–Crippen MR) is 162 cm³/mol. The first kappa shape index (κ1) is 35.2. The molecule has 0 saturated carbocycles. The van der Waals surface area contributed by atoms with Gasteiger partial charge in [-0.15, -0.1) is 0 Å². The molecule has 3 atom stereocenters. The second-order valence-electron chi connectivity index (χ2n) is 9.95. The molecule has 2 rings (SSSR count). The van der Waals surface area contributed by atoms with Crippen LogP contribution in [0.1, 0.15) is 60.0 Å². The van der Waals surface area contributed by atoms with Crippen molar-refractivity contribution < 1.29 is 39.0 Å². The molecule has 4 amide bonds. The number of carboxylic acids is 2. The molecule has 0 aromatic heterocycles. The van der Waals surface area contributed by atoms with Gasteiger partial charge in [0, 0.05) is 25.1 Å². The predicted octanol–water partition coefficient (Wildman–Crippen LogP) is 1.82. The van der Waals surface area contributed by atoms with E-state index in [1.165, 1.54) is 0 Å². The van der Waals surface area contributed by atoms with Crippen LogP contribution in [-0.4, -0.2) is 71.0 Å². The number of nitrogens with two attached hydrogens (primary N) is 1. The third kappa shape index (κ3) is 13.3. The minimum Gasteiger partial charge on any atom is -0.481 e. The summed E-state index contributed by atoms with van der Waals surface area (Å²) in [6, 6.07) is 12.2. The van der Waals surface area contributed by atoms with E-state index in [-0.39, 0.29) is 31.7 Å². The Hall–Kier alpha value is -5.04. The molecule has 2 aromatic rings. The molecule has 13 heteroatoms. The van der Waals surface area contributed by atoms with Gasteiger partial charge in [-0.1, -0.05) is 54.6 Å². The number of amides is 4. The topological polar surface area (TPSA) is 217 Å². The van der Waals surface area contributed by atoms with Gasteiger partial charge in [0.25, 0.3) is 5.91 Å². The first-order valence-electron chi connectivity index (χ1n) is 14.2. The number of carboxylic acid groups (broad SMARTS) is 2. The van der Waals surface area contributed by atoms with Crippen LogP contribution in [0.15, 0.2) is 60.7 Å². The minimum atomic E-state index is -1.42. The van der Waals surface area contributed by atoms with Crippen LogP contribution in [0.3, 0.4) is 0 Å². The standard InChI is InChI=1S/C31H39N5O8/c32-19-22-12-14-23(15-13-22)28(40)35-25(11-6-9-21-7-2-1-3-8-21)29(41)33-18-5-4-10-24(20-37)34-31(44)36-26(30(42)43)16-17-27(38)39/h1-3,6-9,12-15,20,24-26H,4-5,10-11,16-19,32H2,(H,33,41)(H,35,40)(H,38,39)(H,42,43)(H2,34,36,44)/b9-6+/t24-,25+,26?/m0/s1. The molecule has 8 N–H and O–H groups in total. The van der Waals surface area contributed by atoms with Crippen molar-refractivity contribution in [3.05, 3.63) is 77.4 Å². The molecule has 0 saturated heterocycles. The average Bonchev–Trinajstić information content (AvgIpc) is 3.01. The summed E-state index contributed by atoms with van der Waals surface area (Å²) in [6.45, 7) is 0.584. The molecule has 44 heavy (non-hydrogen) atoms. The number of unbranched alkanes of at least 4 members (excludes halogenated alkanes) is 1.